The van der Waals surface area contributed by atoms with Gasteiger partial charge in [-0.1, -0.05) is 17.7 Å². The maximum atomic E-state index is 11.9. The van der Waals surface area contributed by atoms with E-state index in [2.05, 4.69) is 25.9 Å². The van der Waals surface area contributed by atoms with Crippen LogP contribution in [0.25, 0.3) is 0 Å². The van der Waals surface area contributed by atoms with E-state index in [0.717, 1.165) is 11.4 Å². The molecule has 25 heavy (non-hydrogen) atoms. The van der Waals surface area contributed by atoms with Crippen LogP contribution in [0.15, 0.2) is 53.7 Å². The van der Waals surface area contributed by atoms with Gasteiger partial charge in [0, 0.05) is 36.9 Å². The molecule has 1 heterocycles. The third-order valence-electron chi connectivity index (χ3n) is 3.39. The molecule has 0 atom stereocenters. The molecule has 3 N–H and O–H groups in total. The molecule has 6 nitrogen and oxygen atoms in total. The quantitative estimate of drug-likeness (QED) is 0.403. The van der Waals surface area contributed by atoms with Crippen molar-refractivity contribution in [2.45, 2.75) is 19.4 Å². The van der Waals surface area contributed by atoms with E-state index in [0.29, 0.717) is 36.9 Å². The van der Waals surface area contributed by atoms with Crippen LogP contribution >= 0.6 is 11.6 Å². The summed E-state index contributed by atoms with van der Waals surface area (Å²) in [4.78, 5) is 20.3. The Morgan fingerprint density at radius 2 is 1.96 bits per heavy atom. The summed E-state index contributed by atoms with van der Waals surface area (Å²) in [5.74, 6) is 0.657. The zero-order valence-corrected chi connectivity index (χ0v) is 14.9. The van der Waals surface area contributed by atoms with E-state index in [-0.39, 0.29) is 5.91 Å². The monoisotopic (exact) mass is 359 g/mol. The molecule has 7 heteroatoms. The number of anilines is 1. The van der Waals surface area contributed by atoms with E-state index >= 15 is 0 Å². The summed E-state index contributed by atoms with van der Waals surface area (Å²) in [5, 5.41) is 9.85. The van der Waals surface area contributed by atoms with Crippen molar-refractivity contribution in [2.24, 2.45) is 4.99 Å². The van der Waals surface area contributed by atoms with Gasteiger partial charge in [-0.15, -0.1) is 0 Å². The molecule has 0 aliphatic rings. The average molecular weight is 360 g/mol. The van der Waals surface area contributed by atoms with E-state index in [1.54, 1.807) is 37.5 Å². The molecule has 1 amide bonds. The van der Waals surface area contributed by atoms with Gasteiger partial charge >= 0.3 is 0 Å². The van der Waals surface area contributed by atoms with Crippen LogP contribution < -0.4 is 16.0 Å². The van der Waals surface area contributed by atoms with Crippen molar-refractivity contribution >= 4 is 29.2 Å². The molecule has 0 radical (unpaired) electrons. The van der Waals surface area contributed by atoms with E-state index < -0.39 is 0 Å². The van der Waals surface area contributed by atoms with Crippen LogP contribution in [0.2, 0.25) is 5.02 Å². The number of halogens is 1. The highest BCUT2D eigenvalue weighted by atomic mass is 35.5. The van der Waals surface area contributed by atoms with Crippen LogP contribution in [0.5, 0.6) is 0 Å². The van der Waals surface area contributed by atoms with Crippen LogP contribution in [0.3, 0.4) is 0 Å². The van der Waals surface area contributed by atoms with Crippen molar-refractivity contribution in [3.8, 4) is 0 Å². The summed E-state index contributed by atoms with van der Waals surface area (Å²) in [5.41, 5.74) is 1.68. The molecular weight excluding hydrogens is 338 g/mol. The van der Waals surface area contributed by atoms with Crippen LogP contribution in [0.4, 0.5) is 5.69 Å². The first-order valence-corrected chi connectivity index (χ1v) is 8.45. The highest BCUT2D eigenvalue weighted by Crippen LogP contribution is 2.13. The summed E-state index contributed by atoms with van der Waals surface area (Å²) < 4.78 is 0. The maximum absolute atomic E-state index is 11.9. The topological polar surface area (TPSA) is 78.4 Å². The Bertz CT molecular complexity index is 688. The number of carbonyl (C=O) groups is 1. The van der Waals surface area contributed by atoms with Gasteiger partial charge in [0.1, 0.15) is 0 Å². The summed E-state index contributed by atoms with van der Waals surface area (Å²) >= 11 is 5.82. The lowest BCUT2D eigenvalue weighted by Gasteiger charge is -2.11. The SMILES string of the molecule is CN=C(NCCCC(=O)Nc1ccc(Cl)cc1)NCc1ccccn1. The molecule has 0 saturated heterocycles. The molecule has 0 saturated carbocycles. The molecule has 0 aliphatic heterocycles. The molecule has 1 aromatic heterocycles. The highest BCUT2D eigenvalue weighted by molar-refractivity contribution is 6.30. The Hall–Kier alpha value is -2.60. The van der Waals surface area contributed by atoms with Crippen molar-refractivity contribution in [3.63, 3.8) is 0 Å². The van der Waals surface area contributed by atoms with Crippen molar-refractivity contribution in [1.29, 1.82) is 0 Å². The first-order valence-electron chi connectivity index (χ1n) is 8.07. The van der Waals surface area contributed by atoms with E-state index in [9.17, 15) is 4.79 Å². The maximum Gasteiger partial charge on any atom is 0.224 e. The van der Waals surface area contributed by atoms with Crippen molar-refractivity contribution in [2.75, 3.05) is 18.9 Å². The number of benzene rings is 1. The van der Waals surface area contributed by atoms with Crippen LogP contribution in [0, 0.1) is 0 Å². The van der Waals surface area contributed by atoms with Gasteiger partial charge in [-0.2, -0.15) is 0 Å². The molecule has 0 bridgehead atoms. The predicted octanol–water partition coefficient (Wildman–Crippen LogP) is 2.82. The van der Waals surface area contributed by atoms with Crippen molar-refractivity contribution in [1.82, 2.24) is 15.6 Å². The molecule has 0 fully saturated rings. The van der Waals surface area contributed by atoms with Gasteiger partial charge in [0.15, 0.2) is 5.96 Å². The molecule has 0 aliphatic carbocycles. The number of aliphatic imine (C=N–C) groups is 1. The lowest BCUT2D eigenvalue weighted by atomic mass is 10.2. The second kappa shape index (κ2) is 10.3. The standard InChI is InChI=1S/C18H22ClN5O/c1-20-18(23-13-16-5-2-3-11-21-16)22-12-4-6-17(25)24-15-9-7-14(19)8-10-15/h2-3,5,7-11H,4,6,12-13H2,1H3,(H,24,25)(H2,20,22,23). The van der Waals surface area contributed by atoms with E-state index in [1.807, 2.05) is 18.2 Å². The fraction of sp³-hybridized carbons (Fsp3) is 0.278. The Morgan fingerprint density at radius 3 is 2.64 bits per heavy atom. The third kappa shape index (κ3) is 7.22. The number of amides is 1. The Kier molecular flexibility index (Phi) is 7.72. The van der Waals surface area contributed by atoms with Gasteiger partial charge in [-0.25, -0.2) is 0 Å². The number of aromatic nitrogens is 1. The average Bonchev–Trinajstić information content (AvgIpc) is 2.64. The molecule has 1 aromatic carbocycles. The summed E-state index contributed by atoms with van der Waals surface area (Å²) in [6, 6.07) is 12.8. The number of hydrogen-bond donors (Lipinski definition) is 3. The Labute approximate surface area is 152 Å². The Morgan fingerprint density at radius 1 is 1.16 bits per heavy atom. The Balaban J connectivity index is 1.63. The van der Waals surface area contributed by atoms with Gasteiger partial charge in [0.25, 0.3) is 0 Å². The van der Waals surface area contributed by atoms with Crippen LogP contribution in [-0.2, 0) is 11.3 Å². The third-order valence-corrected chi connectivity index (χ3v) is 3.64. The molecule has 132 valence electrons. The minimum atomic E-state index is -0.0273. The second-order valence-corrected chi connectivity index (χ2v) is 5.77. The molecule has 2 rings (SSSR count). The number of rotatable bonds is 7. The predicted molar refractivity (Wildman–Crippen MR) is 102 cm³/mol. The zero-order chi connectivity index (χ0) is 17.9. The molecule has 0 unspecified atom stereocenters. The normalized spacial score (nSPS) is 11.0. The molecular formula is C18H22ClN5O. The van der Waals surface area contributed by atoms with Crippen molar-refractivity contribution < 1.29 is 4.79 Å². The largest absolute Gasteiger partial charge is 0.356 e. The number of carbonyl (C=O) groups excluding carboxylic acids is 1. The van der Waals surface area contributed by atoms with Gasteiger partial charge in [-0.3, -0.25) is 14.8 Å². The number of pyridine rings is 1. The van der Waals surface area contributed by atoms with E-state index in [4.69, 9.17) is 11.6 Å². The smallest absolute Gasteiger partial charge is 0.224 e. The van der Waals surface area contributed by atoms with Gasteiger partial charge < -0.3 is 16.0 Å². The fourth-order valence-electron chi connectivity index (χ4n) is 2.11. The zero-order valence-electron chi connectivity index (χ0n) is 14.1. The lowest BCUT2D eigenvalue weighted by molar-refractivity contribution is -0.116. The van der Waals surface area contributed by atoms with Gasteiger partial charge in [-0.05, 0) is 42.8 Å². The first kappa shape index (κ1) is 18.7. The summed E-state index contributed by atoms with van der Waals surface area (Å²) in [6.07, 6.45) is 2.88. The second-order valence-electron chi connectivity index (χ2n) is 5.33. The lowest BCUT2D eigenvalue weighted by Crippen LogP contribution is -2.37. The summed E-state index contributed by atoms with van der Waals surface area (Å²) in [6.45, 7) is 1.24. The number of nitrogens with zero attached hydrogens (tertiary/aromatic N) is 2. The minimum absolute atomic E-state index is 0.0273. The van der Waals surface area contributed by atoms with Crippen molar-refractivity contribution in [3.05, 3.63) is 59.4 Å². The number of guanidine groups is 1. The van der Waals surface area contributed by atoms with E-state index in [1.165, 1.54) is 0 Å². The first-order chi connectivity index (χ1) is 12.2. The van der Waals surface area contributed by atoms with Crippen LogP contribution in [0.1, 0.15) is 18.5 Å². The number of hydrogen-bond acceptors (Lipinski definition) is 3. The van der Waals surface area contributed by atoms with Crippen LogP contribution in [-0.4, -0.2) is 30.4 Å². The fourth-order valence-corrected chi connectivity index (χ4v) is 2.24. The molecule has 0 spiro atoms. The minimum Gasteiger partial charge on any atom is -0.356 e. The summed E-state index contributed by atoms with van der Waals surface area (Å²) in [7, 11) is 1.71. The number of nitrogens with one attached hydrogen (secondary N) is 3. The van der Waals surface area contributed by atoms with Gasteiger partial charge in [0.2, 0.25) is 5.91 Å². The highest BCUT2D eigenvalue weighted by Gasteiger charge is 2.03. The van der Waals surface area contributed by atoms with Gasteiger partial charge in [0.05, 0.1) is 12.2 Å². The molecule has 2 aromatic rings.